The van der Waals surface area contributed by atoms with E-state index in [0.29, 0.717) is 13.2 Å². The van der Waals surface area contributed by atoms with Gasteiger partial charge in [0.25, 0.3) is 0 Å². The maximum Gasteiger partial charge on any atom is 0.130 e. The van der Waals surface area contributed by atoms with Gasteiger partial charge in [-0.1, -0.05) is 72.8 Å². The second-order valence-electron chi connectivity index (χ2n) is 8.11. The maximum atomic E-state index is 5.95. The summed E-state index contributed by atoms with van der Waals surface area (Å²) in [6.45, 7) is 3.07. The SMILES string of the molecule is Cc1cccc(OCc2ccc(-c3ccc(OCc4ccc5ccccc5n4)cc3)cc2)c1. The molecule has 0 saturated carbocycles. The summed E-state index contributed by atoms with van der Waals surface area (Å²) in [5.74, 6) is 1.73. The van der Waals surface area contributed by atoms with Crippen molar-refractivity contribution in [2.75, 3.05) is 0 Å². The molecule has 0 unspecified atom stereocenters. The van der Waals surface area contributed by atoms with Crippen LogP contribution in [0, 0.1) is 6.92 Å². The van der Waals surface area contributed by atoms with E-state index in [4.69, 9.17) is 9.47 Å². The molecule has 0 radical (unpaired) electrons. The van der Waals surface area contributed by atoms with Crippen LogP contribution in [-0.2, 0) is 13.2 Å². The third-order valence-electron chi connectivity index (χ3n) is 5.58. The molecule has 162 valence electrons. The van der Waals surface area contributed by atoms with Gasteiger partial charge < -0.3 is 9.47 Å². The zero-order chi connectivity index (χ0) is 22.5. The largest absolute Gasteiger partial charge is 0.489 e. The van der Waals surface area contributed by atoms with E-state index in [2.05, 4.69) is 66.5 Å². The highest BCUT2D eigenvalue weighted by Crippen LogP contribution is 2.24. The molecule has 0 N–H and O–H groups in total. The number of fused-ring (bicyclic) bond motifs is 1. The summed E-state index contributed by atoms with van der Waals surface area (Å²) in [4.78, 5) is 4.67. The average Bonchev–Trinajstić information content (AvgIpc) is 2.87. The van der Waals surface area contributed by atoms with Gasteiger partial charge in [-0.15, -0.1) is 0 Å². The number of aryl methyl sites for hydroxylation is 1. The van der Waals surface area contributed by atoms with Crippen LogP contribution in [0.25, 0.3) is 22.0 Å². The van der Waals surface area contributed by atoms with Crippen LogP contribution in [0.4, 0.5) is 0 Å². The van der Waals surface area contributed by atoms with Crippen LogP contribution in [-0.4, -0.2) is 4.98 Å². The number of aromatic nitrogens is 1. The molecule has 0 saturated heterocycles. The first kappa shape index (κ1) is 20.8. The predicted molar refractivity (Wildman–Crippen MR) is 133 cm³/mol. The highest BCUT2D eigenvalue weighted by Gasteiger charge is 2.03. The lowest BCUT2D eigenvalue weighted by Gasteiger charge is -2.09. The van der Waals surface area contributed by atoms with Gasteiger partial charge in [0, 0.05) is 5.39 Å². The zero-order valence-corrected chi connectivity index (χ0v) is 18.6. The van der Waals surface area contributed by atoms with Crippen molar-refractivity contribution in [1.82, 2.24) is 4.98 Å². The topological polar surface area (TPSA) is 31.4 Å². The predicted octanol–water partition coefficient (Wildman–Crippen LogP) is 7.37. The molecule has 0 aliphatic carbocycles. The van der Waals surface area contributed by atoms with Crippen molar-refractivity contribution in [3.05, 3.63) is 126 Å². The molecule has 0 bridgehead atoms. The minimum atomic E-state index is 0.444. The van der Waals surface area contributed by atoms with Gasteiger partial charge in [-0.3, -0.25) is 0 Å². The Kier molecular flexibility index (Phi) is 6.03. The first-order valence-corrected chi connectivity index (χ1v) is 11.1. The van der Waals surface area contributed by atoms with Gasteiger partial charge >= 0.3 is 0 Å². The molecule has 1 aromatic heterocycles. The van der Waals surface area contributed by atoms with Crippen molar-refractivity contribution >= 4 is 10.9 Å². The maximum absolute atomic E-state index is 5.95. The molecule has 3 nitrogen and oxygen atoms in total. The Balaban J connectivity index is 1.19. The molecule has 0 aliphatic heterocycles. The normalized spacial score (nSPS) is 10.8. The van der Waals surface area contributed by atoms with Crippen molar-refractivity contribution in [3.63, 3.8) is 0 Å². The molecule has 0 amide bonds. The molecule has 4 aromatic carbocycles. The van der Waals surface area contributed by atoms with Crippen LogP contribution in [0.2, 0.25) is 0 Å². The van der Waals surface area contributed by atoms with Gasteiger partial charge in [0.05, 0.1) is 11.2 Å². The van der Waals surface area contributed by atoms with Crippen LogP contribution in [0.3, 0.4) is 0 Å². The van der Waals surface area contributed by atoms with E-state index in [1.807, 2.05) is 54.6 Å². The van der Waals surface area contributed by atoms with E-state index in [1.165, 1.54) is 5.56 Å². The Labute approximate surface area is 194 Å². The van der Waals surface area contributed by atoms with E-state index in [0.717, 1.165) is 44.8 Å². The van der Waals surface area contributed by atoms with Crippen LogP contribution >= 0.6 is 0 Å². The summed E-state index contributed by atoms with van der Waals surface area (Å²) in [5.41, 5.74) is 6.56. The first-order valence-electron chi connectivity index (χ1n) is 11.1. The minimum absolute atomic E-state index is 0.444. The fraction of sp³-hybridized carbons (Fsp3) is 0.100. The van der Waals surface area contributed by atoms with E-state index < -0.39 is 0 Å². The summed E-state index contributed by atoms with van der Waals surface area (Å²) in [6, 6.07) is 37.0. The van der Waals surface area contributed by atoms with E-state index in [9.17, 15) is 0 Å². The number of ether oxygens (including phenoxy) is 2. The van der Waals surface area contributed by atoms with Crippen LogP contribution in [0.5, 0.6) is 11.5 Å². The molecule has 0 aliphatic rings. The first-order chi connectivity index (χ1) is 16.2. The summed E-state index contributed by atoms with van der Waals surface area (Å²) >= 11 is 0. The molecule has 0 fully saturated rings. The molecular formula is C30H25NO2. The van der Waals surface area contributed by atoms with E-state index in [1.54, 1.807) is 0 Å². The van der Waals surface area contributed by atoms with Crippen LogP contribution < -0.4 is 9.47 Å². The van der Waals surface area contributed by atoms with Crippen LogP contribution in [0.15, 0.2) is 109 Å². The Morgan fingerprint density at radius 2 is 1.33 bits per heavy atom. The lowest BCUT2D eigenvalue weighted by atomic mass is 10.0. The standard InChI is InChI=1S/C30H25NO2/c1-22-5-4-7-29(19-22)32-20-23-9-11-24(12-10-23)25-14-17-28(18-15-25)33-21-27-16-13-26-6-2-3-8-30(26)31-27/h2-19H,20-21H2,1H3. The fourth-order valence-corrected chi connectivity index (χ4v) is 3.75. The van der Waals surface area contributed by atoms with Gasteiger partial charge in [-0.2, -0.15) is 0 Å². The zero-order valence-electron chi connectivity index (χ0n) is 18.6. The van der Waals surface area contributed by atoms with Crippen molar-refractivity contribution in [1.29, 1.82) is 0 Å². The number of nitrogens with zero attached hydrogens (tertiary/aromatic N) is 1. The number of hydrogen-bond donors (Lipinski definition) is 0. The van der Waals surface area contributed by atoms with Crippen molar-refractivity contribution < 1.29 is 9.47 Å². The van der Waals surface area contributed by atoms with Crippen molar-refractivity contribution in [2.45, 2.75) is 20.1 Å². The molecular weight excluding hydrogens is 406 g/mol. The van der Waals surface area contributed by atoms with Gasteiger partial charge in [0.1, 0.15) is 24.7 Å². The Morgan fingerprint density at radius 1 is 0.606 bits per heavy atom. The Bertz CT molecular complexity index is 1360. The van der Waals surface area contributed by atoms with Crippen molar-refractivity contribution in [2.24, 2.45) is 0 Å². The van der Waals surface area contributed by atoms with E-state index >= 15 is 0 Å². The highest BCUT2D eigenvalue weighted by molar-refractivity contribution is 5.78. The van der Waals surface area contributed by atoms with Gasteiger partial charge in [0.2, 0.25) is 0 Å². The molecule has 0 spiro atoms. The monoisotopic (exact) mass is 431 g/mol. The third-order valence-corrected chi connectivity index (χ3v) is 5.58. The summed E-state index contributed by atoms with van der Waals surface area (Å²) in [6.07, 6.45) is 0. The lowest BCUT2D eigenvalue weighted by Crippen LogP contribution is -1.98. The molecule has 33 heavy (non-hydrogen) atoms. The third kappa shape index (κ3) is 5.21. The summed E-state index contributed by atoms with van der Waals surface area (Å²) in [5, 5.41) is 1.14. The number of hydrogen-bond acceptors (Lipinski definition) is 3. The van der Waals surface area contributed by atoms with E-state index in [-0.39, 0.29) is 0 Å². The second kappa shape index (κ2) is 9.58. The van der Waals surface area contributed by atoms with Gasteiger partial charge in [-0.05, 0) is 65.6 Å². The second-order valence-corrected chi connectivity index (χ2v) is 8.11. The Morgan fingerprint density at radius 3 is 2.12 bits per heavy atom. The molecule has 0 atom stereocenters. The molecule has 5 rings (SSSR count). The fourth-order valence-electron chi connectivity index (χ4n) is 3.75. The van der Waals surface area contributed by atoms with Crippen LogP contribution in [0.1, 0.15) is 16.8 Å². The number of para-hydroxylation sites is 1. The van der Waals surface area contributed by atoms with Gasteiger partial charge in [0.15, 0.2) is 0 Å². The number of pyridine rings is 1. The smallest absolute Gasteiger partial charge is 0.130 e. The summed E-state index contributed by atoms with van der Waals surface area (Å²) < 4.78 is 11.9. The molecule has 3 heteroatoms. The average molecular weight is 432 g/mol. The lowest BCUT2D eigenvalue weighted by molar-refractivity contribution is 0.302. The highest BCUT2D eigenvalue weighted by atomic mass is 16.5. The minimum Gasteiger partial charge on any atom is -0.489 e. The quantitative estimate of drug-likeness (QED) is 0.270. The van der Waals surface area contributed by atoms with Gasteiger partial charge in [-0.25, -0.2) is 4.98 Å². The molecule has 5 aromatic rings. The summed E-state index contributed by atoms with van der Waals surface area (Å²) in [7, 11) is 0. The Hall–Kier alpha value is -4.11. The van der Waals surface area contributed by atoms with Crippen molar-refractivity contribution in [3.8, 4) is 22.6 Å². The number of rotatable bonds is 7. The molecule has 1 heterocycles. The number of benzene rings is 4.